The lowest BCUT2D eigenvalue weighted by atomic mass is 10.1. The third-order valence-electron chi connectivity index (χ3n) is 3.84. The molecule has 3 nitrogen and oxygen atoms in total. The van der Waals surface area contributed by atoms with Crippen LogP contribution in [-0.2, 0) is 0 Å². The molecule has 0 amide bonds. The molecule has 1 unspecified atom stereocenters. The van der Waals surface area contributed by atoms with Crippen LogP contribution in [0.15, 0.2) is 18.2 Å². The molecular formula is C15H22FNO2. The molecule has 0 aromatic heterocycles. The van der Waals surface area contributed by atoms with Crippen LogP contribution in [-0.4, -0.2) is 29.4 Å². The van der Waals surface area contributed by atoms with Crippen LogP contribution in [0.2, 0.25) is 0 Å². The van der Waals surface area contributed by atoms with Crippen molar-refractivity contribution >= 4 is 5.69 Å². The zero-order valence-electron chi connectivity index (χ0n) is 11.3. The number of halogens is 1. The summed E-state index contributed by atoms with van der Waals surface area (Å²) in [6.45, 7) is 2.68. The van der Waals surface area contributed by atoms with Gasteiger partial charge in [-0.1, -0.05) is 6.07 Å². The van der Waals surface area contributed by atoms with Crippen LogP contribution in [0.3, 0.4) is 0 Å². The van der Waals surface area contributed by atoms with Gasteiger partial charge in [0, 0.05) is 19.2 Å². The fourth-order valence-electron chi connectivity index (χ4n) is 2.80. The lowest BCUT2D eigenvalue weighted by Crippen LogP contribution is -2.30. The van der Waals surface area contributed by atoms with E-state index in [0.717, 1.165) is 32.2 Å². The third kappa shape index (κ3) is 3.25. The predicted octanol–water partition coefficient (Wildman–Crippen LogP) is 2.62. The number of benzene rings is 1. The molecule has 1 aromatic rings. The summed E-state index contributed by atoms with van der Waals surface area (Å²) in [5.41, 5.74) is 1.22. The zero-order valence-corrected chi connectivity index (χ0v) is 11.3. The molecule has 1 heterocycles. The quantitative estimate of drug-likeness (QED) is 0.862. The molecule has 106 valence electrons. The van der Waals surface area contributed by atoms with E-state index in [1.165, 1.54) is 6.07 Å². The van der Waals surface area contributed by atoms with Gasteiger partial charge in [-0.25, -0.2) is 4.39 Å². The molecule has 1 aliphatic rings. The van der Waals surface area contributed by atoms with E-state index < -0.39 is 6.10 Å². The minimum absolute atomic E-state index is 0.188. The van der Waals surface area contributed by atoms with Crippen molar-refractivity contribution in [2.24, 2.45) is 0 Å². The summed E-state index contributed by atoms with van der Waals surface area (Å²) in [5.74, 6) is -0.269. The number of rotatable bonds is 5. The number of aliphatic hydroxyl groups is 2. The first-order valence-corrected chi connectivity index (χ1v) is 6.98. The maximum atomic E-state index is 14.2. The monoisotopic (exact) mass is 267 g/mol. The minimum Gasteiger partial charge on any atom is -0.396 e. The van der Waals surface area contributed by atoms with E-state index in [0.29, 0.717) is 17.3 Å². The smallest absolute Gasteiger partial charge is 0.146 e. The van der Waals surface area contributed by atoms with E-state index in [1.807, 2.05) is 0 Å². The van der Waals surface area contributed by atoms with Crippen molar-refractivity contribution in [1.82, 2.24) is 0 Å². The molecular weight excluding hydrogens is 245 g/mol. The van der Waals surface area contributed by atoms with Crippen molar-refractivity contribution in [1.29, 1.82) is 0 Å². The van der Waals surface area contributed by atoms with Gasteiger partial charge in [0.25, 0.3) is 0 Å². The maximum Gasteiger partial charge on any atom is 0.146 e. The van der Waals surface area contributed by atoms with Gasteiger partial charge in [-0.3, -0.25) is 0 Å². The number of hydrogen-bond donors (Lipinski definition) is 2. The molecule has 0 radical (unpaired) electrons. The van der Waals surface area contributed by atoms with Gasteiger partial charge in [-0.2, -0.15) is 0 Å². The average molecular weight is 267 g/mol. The summed E-state index contributed by atoms with van der Waals surface area (Å²) in [7, 11) is 0. The highest BCUT2D eigenvalue weighted by Gasteiger charge is 2.26. The topological polar surface area (TPSA) is 43.7 Å². The molecule has 2 N–H and O–H groups in total. The highest BCUT2D eigenvalue weighted by molar-refractivity contribution is 5.51. The SMILES string of the molecule is C[C@@H](O)c1ccc(N2CCCC2CCCO)c(F)c1. The van der Waals surface area contributed by atoms with E-state index >= 15 is 0 Å². The predicted molar refractivity (Wildman–Crippen MR) is 73.7 cm³/mol. The van der Waals surface area contributed by atoms with E-state index in [1.54, 1.807) is 19.1 Å². The van der Waals surface area contributed by atoms with Crippen molar-refractivity contribution in [3.8, 4) is 0 Å². The molecule has 2 rings (SSSR count). The molecule has 0 aliphatic carbocycles. The molecule has 0 saturated carbocycles. The number of hydrogen-bond acceptors (Lipinski definition) is 3. The first-order chi connectivity index (χ1) is 9.13. The summed E-state index contributed by atoms with van der Waals surface area (Å²) in [4.78, 5) is 2.09. The Kier molecular flexibility index (Phi) is 4.77. The van der Waals surface area contributed by atoms with Crippen LogP contribution < -0.4 is 4.90 Å². The van der Waals surface area contributed by atoms with Crippen molar-refractivity contribution in [2.75, 3.05) is 18.1 Å². The van der Waals surface area contributed by atoms with Gasteiger partial charge < -0.3 is 15.1 Å². The second-order valence-corrected chi connectivity index (χ2v) is 5.24. The molecule has 1 saturated heterocycles. The molecule has 1 aromatic carbocycles. The van der Waals surface area contributed by atoms with E-state index in [-0.39, 0.29) is 12.4 Å². The molecule has 0 spiro atoms. The highest BCUT2D eigenvalue weighted by atomic mass is 19.1. The van der Waals surface area contributed by atoms with Crippen molar-refractivity contribution in [3.63, 3.8) is 0 Å². The third-order valence-corrected chi connectivity index (χ3v) is 3.84. The van der Waals surface area contributed by atoms with Crippen LogP contribution in [0.1, 0.15) is 44.3 Å². The van der Waals surface area contributed by atoms with Crippen molar-refractivity contribution in [3.05, 3.63) is 29.6 Å². The van der Waals surface area contributed by atoms with Crippen LogP contribution in [0.25, 0.3) is 0 Å². The Labute approximate surface area is 113 Å². The van der Waals surface area contributed by atoms with E-state index in [2.05, 4.69) is 4.90 Å². The molecule has 0 bridgehead atoms. The highest BCUT2D eigenvalue weighted by Crippen LogP contribution is 2.31. The number of aliphatic hydroxyl groups excluding tert-OH is 2. The van der Waals surface area contributed by atoms with E-state index in [4.69, 9.17) is 5.11 Å². The Bertz CT molecular complexity index is 423. The first-order valence-electron chi connectivity index (χ1n) is 6.98. The van der Waals surface area contributed by atoms with Crippen molar-refractivity contribution < 1.29 is 14.6 Å². The first kappa shape index (κ1) is 14.3. The van der Waals surface area contributed by atoms with E-state index in [9.17, 15) is 9.50 Å². The molecule has 2 atom stereocenters. The second kappa shape index (κ2) is 6.35. The van der Waals surface area contributed by atoms with Crippen LogP contribution in [0.5, 0.6) is 0 Å². The van der Waals surface area contributed by atoms with Crippen LogP contribution >= 0.6 is 0 Å². The molecule has 1 fully saturated rings. The Hall–Kier alpha value is -1.13. The average Bonchev–Trinajstić information content (AvgIpc) is 2.84. The lowest BCUT2D eigenvalue weighted by molar-refractivity contribution is 0.199. The largest absolute Gasteiger partial charge is 0.396 e. The van der Waals surface area contributed by atoms with Gasteiger partial charge in [0.2, 0.25) is 0 Å². The summed E-state index contributed by atoms with van der Waals surface area (Å²) >= 11 is 0. The van der Waals surface area contributed by atoms with Crippen LogP contribution in [0.4, 0.5) is 10.1 Å². The van der Waals surface area contributed by atoms with Gasteiger partial charge in [0.1, 0.15) is 5.82 Å². The summed E-state index contributed by atoms with van der Waals surface area (Å²) in [5, 5.41) is 18.4. The summed E-state index contributed by atoms with van der Waals surface area (Å²) in [6, 6.07) is 5.28. The minimum atomic E-state index is -0.646. The van der Waals surface area contributed by atoms with Gasteiger partial charge >= 0.3 is 0 Å². The van der Waals surface area contributed by atoms with Crippen molar-refractivity contribution in [2.45, 2.75) is 44.8 Å². The van der Waals surface area contributed by atoms with Gasteiger partial charge in [-0.05, 0) is 50.3 Å². The Morgan fingerprint density at radius 2 is 2.26 bits per heavy atom. The Morgan fingerprint density at radius 3 is 2.89 bits per heavy atom. The number of nitrogens with zero attached hydrogens (tertiary/aromatic N) is 1. The number of anilines is 1. The normalized spacial score (nSPS) is 20.8. The molecule has 4 heteroatoms. The molecule has 1 aliphatic heterocycles. The fourth-order valence-corrected chi connectivity index (χ4v) is 2.80. The Morgan fingerprint density at radius 1 is 1.47 bits per heavy atom. The summed E-state index contributed by atoms with van der Waals surface area (Å²) < 4.78 is 14.2. The zero-order chi connectivity index (χ0) is 13.8. The summed E-state index contributed by atoms with van der Waals surface area (Å²) in [6.07, 6.45) is 3.13. The van der Waals surface area contributed by atoms with Gasteiger partial charge in [0.15, 0.2) is 0 Å². The van der Waals surface area contributed by atoms with Gasteiger partial charge in [-0.15, -0.1) is 0 Å². The second-order valence-electron chi connectivity index (χ2n) is 5.24. The van der Waals surface area contributed by atoms with Gasteiger partial charge in [0.05, 0.1) is 11.8 Å². The Balaban J connectivity index is 2.16. The molecule has 19 heavy (non-hydrogen) atoms. The standard InChI is InChI=1S/C15H22FNO2/c1-11(19)12-6-7-15(14(16)10-12)17-8-2-4-13(17)5-3-9-18/h6-7,10-11,13,18-19H,2-5,8-9H2,1H3/t11-,13?/m1/s1. The van der Waals surface area contributed by atoms with Crippen LogP contribution in [0, 0.1) is 5.82 Å². The lowest BCUT2D eigenvalue weighted by Gasteiger charge is -2.27. The maximum absolute atomic E-state index is 14.2. The fraction of sp³-hybridized carbons (Fsp3) is 0.600.